The number of hydrogen-bond acceptors (Lipinski definition) is 6. The Hall–Kier alpha value is -2.94. The van der Waals surface area contributed by atoms with Crippen LogP contribution in [0, 0.1) is 0 Å². The van der Waals surface area contributed by atoms with Gasteiger partial charge in [-0.25, -0.2) is 8.42 Å². The Bertz CT molecular complexity index is 977. The number of sulfonamides is 1. The number of carbonyl (C=O) groups is 1. The van der Waals surface area contributed by atoms with Gasteiger partial charge in [0.05, 0.1) is 18.5 Å². The van der Waals surface area contributed by atoms with Gasteiger partial charge in [0.1, 0.15) is 18.5 Å². The summed E-state index contributed by atoms with van der Waals surface area (Å²) in [5.74, 6) is 1.58. The van der Waals surface area contributed by atoms with E-state index in [1.807, 2.05) is 31.2 Å². The molecule has 1 N–H and O–H groups in total. The minimum atomic E-state index is -3.34. The number of benzene rings is 2. The van der Waals surface area contributed by atoms with Crippen LogP contribution in [0.5, 0.6) is 17.2 Å². The van der Waals surface area contributed by atoms with E-state index in [0.717, 1.165) is 6.26 Å². The van der Waals surface area contributed by atoms with Gasteiger partial charge in [-0.1, -0.05) is 19.1 Å². The lowest BCUT2D eigenvalue weighted by Crippen LogP contribution is -2.45. The lowest BCUT2D eigenvalue weighted by Gasteiger charge is -2.27. The second-order valence-electron chi connectivity index (χ2n) is 6.98. The molecule has 0 aliphatic carbocycles. The van der Waals surface area contributed by atoms with Crippen LogP contribution >= 0.6 is 0 Å². The number of hydrogen-bond donors (Lipinski definition) is 1. The first kappa shape index (κ1) is 21.8. The van der Waals surface area contributed by atoms with Gasteiger partial charge in [-0.3, -0.25) is 9.10 Å². The lowest BCUT2D eigenvalue weighted by molar-refractivity contribution is -0.128. The maximum atomic E-state index is 12.6. The Morgan fingerprint density at radius 1 is 1.20 bits per heavy atom. The van der Waals surface area contributed by atoms with E-state index in [0.29, 0.717) is 42.5 Å². The molecule has 0 aromatic heterocycles. The molecular weight excluding hydrogens is 408 g/mol. The van der Waals surface area contributed by atoms with E-state index in [2.05, 4.69) is 5.32 Å². The van der Waals surface area contributed by atoms with Gasteiger partial charge in [0, 0.05) is 7.05 Å². The Labute approximate surface area is 176 Å². The Morgan fingerprint density at radius 2 is 1.87 bits per heavy atom. The third kappa shape index (κ3) is 5.35. The molecule has 0 bridgehead atoms. The second kappa shape index (κ2) is 9.25. The molecule has 2 aromatic carbocycles. The summed E-state index contributed by atoms with van der Waals surface area (Å²) in [6.07, 6.45) is 0.642. The average molecular weight is 435 g/mol. The van der Waals surface area contributed by atoms with Crippen molar-refractivity contribution >= 4 is 21.6 Å². The second-order valence-corrected chi connectivity index (χ2v) is 9.00. The van der Waals surface area contributed by atoms with Gasteiger partial charge in [0.15, 0.2) is 17.6 Å². The van der Waals surface area contributed by atoms with Crippen LogP contribution in [0.4, 0.5) is 5.69 Å². The van der Waals surface area contributed by atoms with E-state index in [-0.39, 0.29) is 12.0 Å². The SMILES string of the molecule is CC[C@H](Oc1ccc(N(C)S(C)(=O)=O)cc1)C(=O)NC[C@H]1COc2ccccc2O1. The monoisotopic (exact) mass is 434 g/mol. The van der Waals surface area contributed by atoms with Gasteiger partial charge in [-0.05, 0) is 42.8 Å². The van der Waals surface area contributed by atoms with Crippen molar-refractivity contribution < 1.29 is 27.4 Å². The van der Waals surface area contributed by atoms with E-state index in [1.54, 1.807) is 24.3 Å². The summed E-state index contributed by atoms with van der Waals surface area (Å²) in [6, 6.07) is 13.9. The number of carbonyl (C=O) groups excluding carboxylic acids is 1. The first-order chi connectivity index (χ1) is 14.3. The molecule has 2 atom stereocenters. The number of nitrogens with one attached hydrogen (secondary N) is 1. The molecule has 30 heavy (non-hydrogen) atoms. The van der Waals surface area contributed by atoms with Gasteiger partial charge < -0.3 is 19.5 Å². The number of rotatable bonds is 8. The molecule has 0 saturated heterocycles. The molecule has 2 aromatic rings. The molecule has 9 heteroatoms. The molecule has 0 spiro atoms. The van der Waals surface area contributed by atoms with Gasteiger partial charge >= 0.3 is 0 Å². The molecule has 8 nitrogen and oxygen atoms in total. The minimum Gasteiger partial charge on any atom is -0.486 e. The quantitative estimate of drug-likeness (QED) is 0.685. The third-order valence-electron chi connectivity index (χ3n) is 4.71. The smallest absolute Gasteiger partial charge is 0.261 e. The van der Waals surface area contributed by atoms with Crippen molar-refractivity contribution in [2.75, 3.05) is 30.8 Å². The van der Waals surface area contributed by atoms with E-state index in [4.69, 9.17) is 14.2 Å². The van der Waals surface area contributed by atoms with Crippen LogP contribution in [0.2, 0.25) is 0 Å². The van der Waals surface area contributed by atoms with Crippen LogP contribution < -0.4 is 23.8 Å². The molecule has 3 rings (SSSR count). The van der Waals surface area contributed by atoms with E-state index >= 15 is 0 Å². The molecule has 0 radical (unpaired) electrons. The van der Waals surface area contributed by atoms with Crippen LogP contribution in [-0.4, -0.2) is 53.0 Å². The van der Waals surface area contributed by atoms with Gasteiger partial charge in [-0.15, -0.1) is 0 Å². The zero-order chi connectivity index (χ0) is 21.7. The Morgan fingerprint density at radius 3 is 2.50 bits per heavy atom. The molecule has 0 unspecified atom stereocenters. The molecule has 162 valence electrons. The first-order valence-electron chi connectivity index (χ1n) is 9.64. The van der Waals surface area contributed by atoms with Crippen molar-refractivity contribution in [1.29, 1.82) is 0 Å². The fourth-order valence-corrected chi connectivity index (χ4v) is 3.41. The summed E-state index contributed by atoms with van der Waals surface area (Å²) in [6.45, 7) is 2.50. The highest BCUT2D eigenvalue weighted by Gasteiger charge is 2.24. The summed E-state index contributed by atoms with van der Waals surface area (Å²) in [4.78, 5) is 12.6. The van der Waals surface area contributed by atoms with Crippen LogP contribution in [0.1, 0.15) is 13.3 Å². The summed E-state index contributed by atoms with van der Waals surface area (Å²) >= 11 is 0. The molecule has 1 amide bonds. The average Bonchev–Trinajstić information content (AvgIpc) is 2.75. The molecule has 0 fully saturated rings. The highest BCUT2D eigenvalue weighted by atomic mass is 32.2. The lowest BCUT2D eigenvalue weighted by atomic mass is 10.2. The number of anilines is 1. The molecule has 1 heterocycles. The Kier molecular flexibility index (Phi) is 6.71. The first-order valence-corrected chi connectivity index (χ1v) is 11.5. The van der Waals surface area contributed by atoms with Gasteiger partial charge in [0.25, 0.3) is 5.91 Å². The number of amides is 1. The summed E-state index contributed by atoms with van der Waals surface area (Å²) in [5.41, 5.74) is 0.511. The highest BCUT2D eigenvalue weighted by molar-refractivity contribution is 7.92. The van der Waals surface area contributed by atoms with Crippen molar-refractivity contribution in [2.45, 2.75) is 25.6 Å². The number of para-hydroxylation sites is 2. The van der Waals surface area contributed by atoms with Gasteiger partial charge in [-0.2, -0.15) is 0 Å². The molecule has 1 aliphatic rings. The predicted molar refractivity (Wildman–Crippen MR) is 114 cm³/mol. The summed E-state index contributed by atoms with van der Waals surface area (Å²) < 4.78 is 41.7. The van der Waals surface area contributed by atoms with Crippen LogP contribution in [0.15, 0.2) is 48.5 Å². The highest BCUT2D eigenvalue weighted by Crippen LogP contribution is 2.30. The van der Waals surface area contributed by atoms with Crippen LogP contribution in [-0.2, 0) is 14.8 Å². The molecule has 0 saturated carbocycles. The summed E-state index contributed by atoms with van der Waals surface area (Å²) in [7, 11) is -1.87. The Balaban J connectivity index is 1.54. The van der Waals surface area contributed by atoms with Crippen molar-refractivity contribution in [3.63, 3.8) is 0 Å². The third-order valence-corrected chi connectivity index (χ3v) is 5.92. The molecular formula is C21H26N2O6S. The maximum Gasteiger partial charge on any atom is 0.261 e. The number of nitrogens with zero attached hydrogens (tertiary/aromatic N) is 1. The van der Waals surface area contributed by atoms with Gasteiger partial charge in [0.2, 0.25) is 10.0 Å². The van der Waals surface area contributed by atoms with E-state index < -0.39 is 16.1 Å². The van der Waals surface area contributed by atoms with Crippen molar-refractivity contribution in [2.24, 2.45) is 0 Å². The maximum absolute atomic E-state index is 12.6. The largest absolute Gasteiger partial charge is 0.486 e. The van der Waals surface area contributed by atoms with E-state index in [9.17, 15) is 13.2 Å². The van der Waals surface area contributed by atoms with Crippen LogP contribution in [0.25, 0.3) is 0 Å². The number of ether oxygens (including phenoxy) is 3. The van der Waals surface area contributed by atoms with Crippen molar-refractivity contribution in [3.05, 3.63) is 48.5 Å². The van der Waals surface area contributed by atoms with Crippen molar-refractivity contribution in [3.8, 4) is 17.2 Å². The zero-order valence-electron chi connectivity index (χ0n) is 17.2. The summed E-state index contributed by atoms with van der Waals surface area (Å²) in [5, 5.41) is 2.85. The fourth-order valence-electron chi connectivity index (χ4n) is 2.90. The van der Waals surface area contributed by atoms with E-state index in [1.165, 1.54) is 11.4 Å². The topological polar surface area (TPSA) is 94.2 Å². The number of fused-ring (bicyclic) bond motifs is 1. The standard InChI is InChI=1S/C21H26N2O6S/c1-4-18(28-16-11-9-15(10-12-16)23(2)30(3,25)26)21(24)22-13-17-14-27-19-7-5-6-8-20(19)29-17/h5-12,17-18H,4,13-14H2,1-3H3,(H,22,24)/t17-,18-/m0/s1. The zero-order valence-corrected chi connectivity index (χ0v) is 18.0. The fraction of sp³-hybridized carbons (Fsp3) is 0.381. The minimum absolute atomic E-state index is 0.253. The van der Waals surface area contributed by atoms with Crippen molar-refractivity contribution in [1.82, 2.24) is 5.32 Å². The van der Waals surface area contributed by atoms with Crippen LogP contribution in [0.3, 0.4) is 0 Å². The molecule has 1 aliphatic heterocycles. The predicted octanol–water partition coefficient (Wildman–Crippen LogP) is 2.20. The normalized spacial score (nSPS) is 16.4.